The molecular formula is C13H16N2O4S2. The second-order valence-corrected chi connectivity index (χ2v) is 7.40. The first-order valence-electron chi connectivity index (χ1n) is 6.41. The van der Waals surface area contributed by atoms with Crippen molar-refractivity contribution in [1.29, 1.82) is 0 Å². The maximum Gasteiger partial charge on any atom is 0.254 e. The molecule has 6 nitrogen and oxygen atoms in total. The monoisotopic (exact) mass is 328 g/mol. The topological polar surface area (TPSA) is 88.4 Å². The van der Waals surface area contributed by atoms with Crippen LogP contribution in [0.3, 0.4) is 0 Å². The predicted octanol–water partition coefficient (Wildman–Crippen LogP) is 1.61. The molecular weight excluding hydrogens is 312 g/mol. The van der Waals surface area contributed by atoms with Crippen molar-refractivity contribution in [1.82, 2.24) is 10.0 Å². The molecule has 0 fully saturated rings. The number of amides is 1. The fourth-order valence-electron chi connectivity index (χ4n) is 1.62. The largest absolute Gasteiger partial charge is 0.472 e. The Balaban J connectivity index is 1.81. The van der Waals surface area contributed by atoms with Crippen molar-refractivity contribution in [2.75, 3.05) is 13.1 Å². The number of rotatable bonds is 7. The molecule has 1 amide bonds. The van der Waals surface area contributed by atoms with Crippen LogP contribution < -0.4 is 10.0 Å². The van der Waals surface area contributed by atoms with Gasteiger partial charge in [0.15, 0.2) is 0 Å². The Morgan fingerprint density at radius 1 is 1.29 bits per heavy atom. The molecule has 0 saturated carbocycles. The summed E-state index contributed by atoms with van der Waals surface area (Å²) in [4.78, 5) is 12.6. The molecule has 2 N–H and O–H groups in total. The summed E-state index contributed by atoms with van der Waals surface area (Å²) in [5.41, 5.74) is 0.406. The number of carbonyl (C=O) groups is 1. The van der Waals surface area contributed by atoms with Crippen LogP contribution in [0.15, 0.2) is 39.4 Å². The zero-order chi connectivity index (χ0) is 15.3. The minimum absolute atomic E-state index is 0.130. The van der Waals surface area contributed by atoms with Gasteiger partial charge in [0.1, 0.15) is 10.5 Å². The molecule has 21 heavy (non-hydrogen) atoms. The van der Waals surface area contributed by atoms with Crippen LogP contribution in [0, 0.1) is 0 Å². The summed E-state index contributed by atoms with van der Waals surface area (Å²) in [5.74, 6) is -0.299. The van der Waals surface area contributed by atoms with Gasteiger partial charge in [0.2, 0.25) is 10.0 Å². The van der Waals surface area contributed by atoms with Gasteiger partial charge in [-0.05, 0) is 24.6 Å². The smallest absolute Gasteiger partial charge is 0.254 e. The van der Waals surface area contributed by atoms with Crippen molar-refractivity contribution in [3.63, 3.8) is 0 Å². The first-order chi connectivity index (χ1) is 10.0. The Bertz CT molecular complexity index is 690. The van der Waals surface area contributed by atoms with E-state index in [1.807, 2.05) is 6.92 Å². The third-order valence-electron chi connectivity index (χ3n) is 2.74. The number of hydrogen-bond acceptors (Lipinski definition) is 5. The van der Waals surface area contributed by atoms with E-state index in [2.05, 4.69) is 10.0 Å². The Morgan fingerprint density at radius 2 is 2.10 bits per heavy atom. The molecule has 0 atom stereocenters. The summed E-state index contributed by atoms with van der Waals surface area (Å²) < 4.78 is 31.6. The van der Waals surface area contributed by atoms with Crippen molar-refractivity contribution in [2.24, 2.45) is 0 Å². The van der Waals surface area contributed by atoms with E-state index in [0.29, 0.717) is 9.77 Å². The molecule has 0 aromatic carbocycles. The number of thiophene rings is 1. The summed E-state index contributed by atoms with van der Waals surface area (Å²) in [6, 6.07) is 4.94. The number of carbonyl (C=O) groups excluding carboxylic acids is 1. The Hall–Kier alpha value is -1.64. The maximum atomic E-state index is 12.0. The lowest BCUT2D eigenvalue weighted by molar-refractivity contribution is 0.0953. The second kappa shape index (κ2) is 6.88. The molecule has 114 valence electrons. The van der Waals surface area contributed by atoms with E-state index in [4.69, 9.17) is 4.42 Å². The van der Waals surface area contributed by atoms with E-state index in [-0.39, 0.29) is 19.0 Å². The molecule has 0 aliphatic rings. The van der Waals surface area contributed by atoms with Crippen LogP contribution in [0.5, 0.6) is 0 Å². The average molecular weight is 328 g/mol. The van der Waals surface area contributed by atoms with Gasteiger partial charge in [0.05, 0.1) is 11.8 Å². The van der Waals surface area contributed by atoms with Crippen molar-refractivity contribution in [3.05, 3.63) is 41.2 Å². The van der Waals surface area contributed by atoms with Crippen molar-refractivity contribution >= 4 is 27.3 Å². The molecule has 2 aromatic rings. The van der Waals surface area contributed by atoms with E-state index in [1.165, 1.54) is 29.9 Å². The predicted molar refractivity (Wildman–Crippen MR) is 79.9 cm³/mol. The number of aryl methyl sites for hydroxylation is 1. The lowest BCUT2D eigenvalue weighted by atomic mass is 10.3. The first-order valence-corrected chi connectivity index (χ1v) is 8.71. The lowest BCUT2D eigenvalue weighted by Gasteiger charge is -2.05. The van der Waals surface area contributed by atoms with Gasteiger partial charge in [0.25, 0.3) is 5.91 Å². The molecule has 2 heterocycles. The summed E-state index contributed by atoms with van der Waals surface area (Å²) in [5, 5.41) is 2.60. The van der Waals surface area contributed by atoms with Crippen LogP contribution >= 0.6 is 11.3 Å². The molecule has 0 unspecified atom stereocenters. The summed E-state index contributed by atoms with van der Waals surface area (Å²) in [6.07, 6.45) is 3.54. The Labute approximate surface area is 127 Å². The van der Waals surface area contributed by atoms with Gasteiger partial charge in [-0.2, -0.15) is 0 Å². The lowest BCUT2D eigenvalue weighted by Crippen LogP contribution is -2.34. The molecule has 0 bridgehead atoms. The molecule has 0 radical (unpaired) electrons. The third kappa shape index (κ3) is 4.16. The van der Waals surface area contributed by atoms with E-state index in [9.17, 15) is 13.2 Å². The van der Waals surface area contributed by atoms with Crippen LogP contribution in [-0.4, -0.2) is 27.4 Å². The quantitative estimate of drug-likeness (QED) is 0.756. The summed E-state index contributed by atoms with van der Waals surface area (Å²) in [7, 11) is -3.50. The number of sulfonamides is 1. The molecule has 0 saturated heterocycles. The van der Waals surface area contributed by atoms with Crippen molar-refractivity contribution in [3.8, 4) is 0 Å². The number of hydrogen-bond donors (Lipinski definition) is 2. The molecule has 8 heteroatoms. The highest BCUT2D eigenvalue weighted by atomic mass is 32.2. The zero-order valence-corrected chi connectivity index (χ0v) is 13.1. The van der Waals surface area contributed by atoms with Crippen molar-refractivity contribution in [2.45, 2.75) is 17.6 Å². The SMILES string of the molecule is CCc1ccc(S(=O)(=O)NCCNC(=O)c2ccoc2)s1. The normalized spacial score (nSPS) is 11.5. The molecule has 0 aliphatic heterocycles. The van der Waals surface area contributed by atoms with Gasteiger partial charge in [-0.3, -0.25) is 4.79 Å². The van der Waals surface area contributed by atoms with E-state index in [0.717, 1.165) is 11.3 Å². The van der Waals surface area contributed by atoms with Crippen LogP contribution in [0.4, 0.5) is 0 Å². The molecule has 2 aromatic heterocycles. The number of nitrogens with one attached hydrogen (secondary N) is 2. The van der Waals surface area contributed by atoms with Crippen LogP contribution in [-0.2, 0) is 16.4 Å². The van der Waals surface area contributed by atoms with Gasteiger partial charge in [-0.25, -0.2) is 13.1 Å². The highest BCUT2D eigenvalue weighted by Crippen LogP contribution is 2.21. The molecule has 2 rings (SSSR count). The van der Waals surface area contributed by atoms with Gasteiger partial charge < -0.3 is 9.73 Å². The van der Waals surface area contributed by atoms with Gasteiger partial charge in [-0.15, -0.1) is 11.3 Å². The van der Waals surface area contributed by atoms with Gasteiger partial charge >= 0.3 is 0 Å². The first kappa shape index (κ1) is 15.7. The summed E-state index contributed by atoms with van der Waals surface area (Å²) in [6.45, 7) is 2.31. The minimum Gasteiger partial charge on any atom is -0.472 e. The van der Waals surface area contributed by atoms with E-state index < -0.39 is 10.0 Å². The minimum atomic E-state index is -3.50. The standard InChI is InChI=1S/C13H16N2O4S2/c1-2-11-3-4-12(20-11)21(17,18)15-7-6-14-13(16)10-5-8-19-9-10/h3-5,8-9,15H,2,6-7H2,1H3,(H,14,16). The fourth-order valence-corrected chi connectivity index (χ4v) is 3.99. The van der Waals surface area contributed by atoms with Crippen LogP contribution in [0.2, 0.25) is 0 Å². The molecule has 0 spiro atoms. The second-order valence-electron chi connectivity index (χ2n) is 4.24. The zero-order valence-electron chi connectivity index (χ0n) is 11.5. The van der Waals surface area contributed by atoms with Gasteiger partial charge in [0, 0.05) is 18.0 Å². The maximum absolute atomic E-state index is 12.0. The highest BCUT2D eigenvalue weighted by molar-refractivity contribution is 7.91. The fraction of sp³-hybridized carbons (Fsp3) is 0.308. The number of furan rings is 1. The Morgan fingerprint density at radius 3 is 2.71 bits per heavy atom. The Kier molecular flexibility index (Phi) is 5.16. The van der Waals surface area contributed by atoms with E-state index >= 15 is 0 Å². The summed E-state index contributed by atoms with van der Waals surface area (Å²) >= 11 is 1.25. The molecule has 0 aliphatic carbocycles. The van der Waals surface area contributed by atoms with Crippen LogP contribution in [0.25, 0.3) is 0 Å². The third-order valence-corrected chi connectivity index (χ3v) is 5.92. The van der Waals surface area contributed by atoms with Crippen LogP contribution in [0.1, 0.15) is 22.2 Å². The highest BCUT2D eigenvalue weighted by Gasteiger charge is 2.16. The van der Waals surface area contributed by atoms with Crippen molar-refractivity contribution < 1.29 is 17.6 Å². The van der Waals surface area contributed by atoms with Gasteiger partial charge in [-0.1, -0.05) is 6.92 Å². The average Bonchev–Trinajstić information content (AvgIpc) is 3.13. The van der Waals surface area contributed by atoms with E-state index in [1.54, 1.807) is 12.1 Å².